The van der Waals surface area contributed by atoms with Crippen LogP contribution >= 0.6 is 15.9 Å². The number of nitrogens with one attached hydrogen (secondary N) is 1. The van der Waals surface area contributed by atoms with Gasteiger partial charge in [0, 0.05) is 17.4 Å². The first kappa shape index (κ1) is 14.5. The van der Waals surface area contributed by atoms with Crippen molar-refractivity contribution < 1.29 is 9.53 Å². The molecular formula is C13H15BrN2O2. The number of carbonyl (C=O) groups is 1. The van der Waals surface area contributed by atoms with Gasteiger partial charge >= 0.3 is 5.97 Å². The lowest BCUT2D eigenvalue weighted by atomic mass is 10.2. The number of nitrogens with zero attached hydrogens (tertiary/aromatic N) is 1. The number of benzene rings is 1. The highest BCUT2D eigenvalue weighted by atomic mass is 79.9. The van der Waals surface area contributed by atoms with Gasteiger partial charge in [-0.1, -0.05) is 15.9 Å². The monoisotopic (exact) mass is 310 g/mol. The number of ether oxygens (including phenoxy) is 1. The van der Waals surface area contributed by atoms with Crippen LogP contribution in [-0.4, -0.2) is 19.1 Å². The third kappa shape index (κ3) is 4.76. The lowest BCUT2D eigenvalue weighted by molar-refractivity contribution is -0.143. The molecule has 0 saturated heterocycles. The van der Waals surface area contributed by atoms with Crippen molar-refractivity contribution in [1.82, 2.24) is 0 Å². The van der Waals surface area contributed by atoms with Crippen molar-refractivity contribution in [2.24, 2.45) is 0 Å². The molecule has 0 aliphatic rings. The van der Waals surface area contributed by atoms with E-state index in [0.717, 1.165) is 10.2 Å². The molecule has 1 rings (SSSR count). The first-order chi connectivity index (χ1) is 8.67. The van der Waals surface area contributed by atoms with E-state index in [-0.39, 0.29) is 5.97 Å². The molecule has 1 aromatic carbocycles. The van der Waals surface area contributed by atoms with E-state index in [1.807, 2.05) is 12.1 Å². The van der Waals surface area contributed by atoms with Crippen LogP contribution in [0, 0.1) is 11.3 Å². The topological polar surface area (TPSA) is 62.1 Å². The van der Waals surface area contributed by atoms with Gasteiger partial charge in [-0.3, -0.25) is 4.79 Å². The van der Waals surface area contributed by atoms with Crippen LogP contribution in [0.15, 0.2) is 22.7 Å². The number of carbonyl (C=O) groups excluding carboxylic acids is 1. The van der Waals surface area contributed by atoms with Gasteiger partial charge in [-0.15, -0.1) is 0 Å². The largest absolute Gasteiger partial charge is 0.466 e. The highest BCUT2D eigenvalue weighted by Crippen LogP contribution is 2.20. The van der Waals surface area contributed by atoms with Crippen molar-refractivity contribution in [3.05, 3.63) is 28.2 Å². The van der Waals surface area contributed by atoms with Crippen molar-refractivity contribution in [3.8, 4) is 6.07 Å². The molecule has 0 bridgehead atoms. The summed E-state index contributed by atoms with van der Waals surface area (Å²) in [6, 6.07) is 7.59. The van der Waals surface area contributed by atoms with Crippen molar-refractivity contribution in [2.45, 2.75) is 19.8 Å². The second kappa shape index (κ2) is 7.72. The van der Waals surface area contributed by atoms with E-state index in [4.69, 9.17) is 10.00 Å². The van der Waals surface area contributed by atoms with Crippen LogP contribution in [0.3, 0.4) is 0 Å². The molecule has 96 valence electrons. The molecule has 0 heterocycles. The Bertz CT molecular complexity index is 455. The lowest BCUT2D eigenvalue weighted by Gasteiger charge is -2.08. The van der Waals surface area contributed by atoms with Crippen LogP contribution in [0.5, 0.6) is 0 Å². The fraction of sp³-hybridized carbons (Fsp3) is 0.385. The van der Waals surface area contributed by atoms with Gasteiger partial charge in [-0.25, -0.2) is 0 Å². The molecular weight excluding hydrogens is 296 g/mol. The van der Waals surface area contributed by atoms with Crippen molar-refractivity contribution in [2.75, 3.05) is 18.5 Å². The van der Waals surface area contributed by atoms with Crippen LogP contribution in [0.1, 0.15) is 25.3 Å². The average Bonchev–Trinajstić information content (AvgIpc) is 2.36. The molecule has 1 N–H and O–H groups in total. The quantitative estimate of drug-likeness (QED) is 0.648. The first-order valence-electron chi connectivity index (χ1n) is 5.76. The van der Waals surface area contributed by atoms with E-state index in [1.165, 1.54) is 0 Å². The van der Waals surface area contributed by atoms with E-state index < -0.39 is 0 Å². The van der Waals surface area contributed by atoms with Gasteiger partial charge in [-0.05, 0) is 31.5 Å². The summed E-state index contributed by atoms with van der Waals surface area (Å²) >= 11 is 3.32. The Morgan fingerprint density at radius 2 is 2.33 bits per heavy atom. The number of esters is 1. The summed E-state index contributed by atoms with van der Waals surface area (Å²) in [7, 11) is 0. The minimum Gasteiger partial charge on any atom is -0.466 e. The normalized spacial score (nSPS) is 9.61. The molecule has 0 amide bonds. The third-order valence-electron chi connectivity index (χ3n) is 2.28. The van der Waals surface area contributed by atoms with Crippen molar-refractivity contribution in [3.63, 3.8) is 0 Å². The fourth-order valence-electron chi connectivity index (χ4n) is 1.45. The molecule has 0 aliphatic carbocycles. The molecule has 4 nitrogen and oxygen atoms in total. The van der Waals surface area contributed by atoms with E-state index in [2.05, 4.69) is 27.3 Å². The molecule has 0 saturated carbocycles. The number of hydrogen-bond acceptors (Lipinski definition) is 4. The average molecular weight is 311 g/mol. The molecule has 0 unspecified atom stereocenters. The van der Waals surface area contributed by atoms with E-state index >= 15 is 0 Å². The Balaban J connectivity index is 2.40. The molecule has 0 aliphatic heterocycles. The summed E-state index contributed by atoms with van der Waals surface area (Å²) in [4.78, 5) is 11.1. The van der Waals surface area contributed by atoms with Gasteiger partial charge in [0.2, 0.25) is 0 Å². The van der Waals surface area contributed by atoms with Crippen LogP contribution in [-0.2, 0) is 9.53 Å². The Labute approximate surface area is 115 Å². The van der Waals surface area contributed by atoms with Gasteiger partial charge in [0.25, 0.3) is 0 Å². The second-order valence-electron chi connectivity index (χ2n) is 3.64. The first-order valence-corrected chi connectivity index (χ1v) is 6.55. The van der Waals surface area contributed by atoms with Crippen LogP contribution in [0.25, 0.3) is 0 Å². The third-order valence-corrected chi connectivity index (χ3v) is 2.77. The molecule has 0 spiro atoms. The zero-order chi connectivity index (χ0) is 13.4. The minimum absolute atomic E-state index is 0.185. The number of halogens is 1. The predicted molar refractivity (Wildman–Crippen MR) is 73.2 cm³/mol. The number of anilines is 1. The van der Waals surface area contributed by atoms with Gasteiger partial charge in [0.15, 0.2) is 0 Å². The molecule has 0 atom stereocenters. The predicted octanol–water partition coefficient (Wildman–Crippen LogP) is 3.08. The summed E-state index contributed by atoms with van der Waals surface area (Å²) in [5, 5.41) is 12.1. The smallest absolute Gasteiger partial charge is 0.305 e. The van der Waals surface area contributed by atoms with Crippen LogP contribution in [0.2, 0.25) is 0 Å². The molecule has 0 aromatic heterocycles. The number of rotatable bonds is 6. The molecule has 1 aromatic rings. The van der Waals surface area contributed by atoms with E-state index in [0.29, 0.717) is 31.6 Å². The Morgan fingerprint density at radius 3 is 3.00 bits per heavy atom. The van der Waals surface area contributed by atoms with E-state index in [9.17, 15) is 4.79 Å². The highest BCUT2D eigenvalue weighted by molar-refractivity contribution is 9.10. The summed E-state index contributed by atoms with van der Waals surface area (Å²) < 4.78 is 5.70. The van der Waals surface area contributed by atoms with Crippen LogP contribution < -0.4 is 5.32 Å². The zero-order valence-corrected chi connectivity index (χ0v) is 11.8. The Hall–Kier alpha value is -1.54. The minimum atomic E-state index is -0.185. The summed E-state index contributed by atoms with van der Waals surface area (Å²) in [6.45, 7) is 2.84. The van der Waals surface area contributed by atoms with Gasteiger partial charge in [0.1, 0.15) is 6.07 Å². The summed E-state index contributed by atoms with van der Waals surface area (Å²) in [5.74, 6) is -0.185. The summed E-state index contributed by atoms with van der Waals surface area (Å²) in [6.07, 6.45) is 1.07. The van der Waals surface area contributed by atoms with Crippen molar-refractivity contribution >= 4 is 27.6 Å². The number of hydrogen-bond donors (Lipinski definition) is 1. The SMILES string of the molecule is CCOC(=O)CCCNc1ccc(Br)cc1C#N. The highest BCUT2D eigenvalue weighted by Gasteiger charge is 2.04. The van der Waals surface area contributed by atoms with Crippen molar-refractivity contribution in [1.29, 1.82) is 5.26 Å². The standard InChI is InChI=1S/C13H15BrN2O2/c1-2-18-13(17)4-3-7-16-12-6-5-11(14)8-10(12)9-15/h5-6,8,16H,2-4,7H2,1H3. The van der Waals surface area contributed by atoms with Gasteiger partial charge in [-0.2, -0.15) is 5.26 Å². The fourth-order valence-corrected chi connectivity index (χ4v) is 1.81. The lowest BCUT2D eigenvalue weighted by Crippen LogP contribution is -2.08. The maximum Gasteiger partial charge on any atom is 0.305 e. The number of nitriles is 1. The molecule has 0 fully saturated rings. The maximum absolute atomic E-state index is 11.1. The molecule has 0 radical (unpaired) electrons. The second-order valence-corrected chi connectivity index (χ2v) is 4.55. The molecule has 18 heavy (non-hydrogen) atoms. The van der Waals surface area contributed by atoms with E-state index in [1.54, 1.807) is 13.0 Å². The Morgan fingerprint density at radius 1 is 1.56 bits per heavy atom. The van der Waals surface area contributed by atoms with Gasteiger partial charge in [0.05, 0.1) is 17.9 Å². The molecule has 5 heteroatoms. The van der Waals surface area contributed by atoms with Gasteiger partial charge < -0.3 is 10.1 Å². The summed E-state index contributed by atoms with van der Waals surface area (Å²) in [5.41, 5.74) is 1.37. The Kier molecular flexibility index (Phi) is 6.23. The maximum atomic E-state index is 11.1. The zero-order valence-electron chi connectivity index (χ0n) is 10.2. The van der Waals surface area contributed by atoms with Crippen LogP contribution in [0.4, 0.5) is 5.69 Å².